The van der Waals surface area contributed by atoms with E-state index in [0.717, 1.165) is 11.3 Å². The van der Waals surface area contributed by atoms with Crippen LogP contribution in [0.5, 0.6) is 5.75 Å². The number of ether oxygens (including phenoxy) is 1. The highest BCUT2D eigenvalue weighted by molar-refractivity contribution is 5.93. The lowest BCUT2D eigenvalue weighted by atomic mass is 10.1. The Morgan fingerprint density at radius 3 is 2.29 bits per heavy atom. The quantitative estimate of drug-likeness (QED) is 0.882. The zero-order valence-electron chi connectivity index (χ0n) is 11.6. The van der Waals surface area contributed by atoms with Crippen LogP contribution in [-0.2, 0) is 0 Å². The molecule has 110 valence electrons. The fourth-order valence-electron chi connectivity index (χ4n) is 1.82. The van der Waals surface area contributed by atoms with Gasteiger partial charge in [-0.3, -0.25) is 4.79 Å². The summed E-state index contributed by atoms with van der Waals surface area (Å²) in [6.45, 7) is 1.82. The smallest absolute Gasteiger partial charge is 0.371 e. The van der Waals surface area contributed by atoms with Gasteiger partial charge in [-0.1, -0.05) is 12.1 Å². The first-order chi connectivity index (χ1) is 10.0. The molecule has 1 heterocycles. The summed E-state index contributed by atoms with van der Waals surface area (Å²) in [5.74, 6) is -1.25. The number of furan rings is 1. The molecule has 1 unspecified atom stereocenters. The van der Waals surface area contributed by atoms with Gasteiger partial charge in [0.2, 0.25) is 5.76 Å². The van der Waals surface area contributed by atoms with E-state index in [-0.39, 0.29) is 17.6 Å². The van der Waals surface area contributed by atoms with E-state index < -0.39 is 11.9 Å². The number of aromatic carboxylic acids is 1. The highest BCUT2D eigenvalue weighted by Crippen LogP contribution is 2.18. The predicted octanol–water partition coefficient (Wildman–Crippen LogP) is 2.48. The van der Waals surface area contributed by atoms with Gasteiger partial charge in [-0.05, 0) is 36.8 Å². The molecule has 21 heavy (non-hydrogen) atoms. The van der Waals surface area contributed by atoms with Crippen LogP contribution in [-0.4, -0.2) is 24.1 Å². The lowest BCUT2D eigenvalue weighted by Gasteiger charge is -2.13. The van der Waals surface area contributed by atoms with Crippen molar-refractivity contribution in [1.29, 1.82) is 0 Å². The fraction of sp³-hybridized carbons (Fsp3) is 0.200. The van der Waals surface area contributed by atoms with E-state index in [1.54, 1.807) is 19.2 Å². The van der Waals surface area contributed by atoms with Crippen LogP contribution in [0.1, 0.15) is 39.6 Å². The predicted molar refractivity (Wildman–Crippen MR) is 74.5 cm³/mol. The number of amides is 1. The maximum Gasteiger partial charge on any atom is 0.371 e. The highest BCUT2D eigenvalue weighted by Gasteiger charge is 2.17. The molecule has 0 saturated carbocycles. The zero-order valence-corrected chi connectivity index (χ0v) is 11.6. The van der Waals surface area contributed by atoms with Gasteiger partial charge in [-0.2, -0.15) is 0 Å². The van der Waals surface area contributed by atoms with Crippen molar-refractivity contribution in [2.75, 3.05) is 7.11 Å². The van der Waals surface area contributed by atoms with Crippen molar-refractivity contribution in [2.45, 2.75) is 13.0 Å². The Morgan fingerprint density at radius 2 is 1.76 bits per heavy atom. The van der Waals surface area contributed by atoms with Crippen LogP contribution in [0, 0.1) is 0 Å². The molecule has 1 aromatic carbocycles. The zero-order chi connectivity index (χ0) is 15.4. The topological polar surface area (TPSA) is 88.8 Å². The molecule has 1 atom stereocenters. The van der Waals surface area contributed by atoms with Crippen molar-refractivity contribution >= 4 is 11.9 Å². The maximum atomic E-state index is 12.0. The van der Waals surface area contributed by atoms with Crippen LogP contribution in [0.2, 0.25) is 0 Å². The van der Waals surface area contributed by atoms with Crippen LogP contribution in [0.15, 0.2) is 40.8 Å². The third-order valence-electron chi connectivity index (χ3n) is 3.00. The van der Waals surface area contributed by atoms with Crippen LogP contribution >= 0.6 is 0 Å². The summed E-state index contributed by atoms with van der Waals surface area (Å²) in [5, 5.41) is 11.5. The Labute approximate surface area is 121 Å². The molecule has 0 fully saturated rings. The van der Waals surface area contributed by atoms with Crippen LogP contribution < -0.4 is 10.1 Å². The van der Waals surface area contributed by atoms with Crippen molar-refractivity contribution in [1.82, 2.24) is 5.32 Å². The summed E-state index contributed by atoms with van der Waals surface area (Å²) >= 11 is 0. The first kappa shape index (κ1) is 14.6. The Morgan fingerprint density at radius 1 is 1.14 bits per heavy atom. The van der Waals surface area contributed by atoms with Gasteiger partial charge >= 0.3 is 5.97 Å². The molecule has 0 saturated heterocycles. The van der Waals surface area contributed by atoms with E-state index in [0.29, 0.717) is 0 Å². The fourth-order valence-corrected chi connectivity index (χ4v) is 1.82. The van der Waals surface area contributed by atoms with E-state index in [2.05, 4.69) is 5.32 Å². The van der Waals surface area contributed by atoms with Gasteiger partial charge in [0.15, 0.2) is 5.76 Å². The molecule has 0 spiro atoms. The molecular weight excluding hydrogens is 274 g/mol. The summed E-state index contributed by atoms with van der Waals surface area (Å²) < 4.78 is 10.0. The molecule has 1 amide bonds. The Balaban J connectivity index is 2.05. The van der Waals surface area contributed by atoms with E-state index in [9.17, 15) is 9.59 Å². The van der Waals surface area contributed by atoms with Gasteiger partial charge in [0, 0.05) is 0 Å². The molecule has 6 heteroatoms. The van der Waals surface area contributed by atoms with E-state index in [1.807, 2.05) is 19.1 Å². The number of methoxy groups -OCH3 is 1. The van der Waals surface area contributed by atoms with Crippen molar-refractivity contribution in [3.05, 3.63) is 53.5 Å². The van der Waals surface area contributed by atoms with Gasteiger partial charge in [-0.25, -0.2) is 4.79 Å². The molecule has 0 aliphatic heterocycles. The summed E-state index contributed by atoms with van der Waals surface area (Å²) in [5.41, 5.74) is 0.897. The molecule has 0 bridgehead atoms. The van der Waals surface area contributed by atoms with Gasteiger partial charge in [-0.15, -0.1) is 0 Å². The number of hydrogen-bond acceptors (Lipinski definition) is 4. The number of carboxylic acid groups (broad SMARTS) is 1. The molecule has 0 radical (unpaired) electrons. The molecular formula is C15H15NO5. The maximum absolute atomic E-state index is 12.0. The Kier molecular flexibility index (Phi) is 4.27. The molecule has 2 rings (SSSR count). The lowest BCUT2D eigenvalue weighted by molar-refractivity contribution is 0.0659. The third kappa shape index (κ3) is 3.42. The monoisotopic (exact) mass is 289 g/mol. The lowest BCUT2D eigenvalue weighted by Crippen LogP contribution is -2.26. The average molecular weight is 289 g/mol. The molecule has 0 aliphatic rings. The number of hydrogen-bond donors (Lipinski definition) is 2. The first-order valence-electron chi connectivity index (χ1n) is 6.29. The van der Waals surface area contributed by atoms with Crippen molar-refractivity contribution < 1.29 is 23.8 Å². The standard InChI is InChI=1S/C15H15NO5/c1-9(10-3-5-11(20-2)6-4-10)16-14(17)12-7-8-13(21-12)15(18)19/h3-9H,1-2H3,(H,16,17)(H,18,19). The highest BCUT2D eigenvalue weighted by atomic mass is 16.5. The molecule has 6 nitrogen and oxygen atoms in total. The van der Waals surface area contributed by atoms with Crippen LogP contribution in [0.25, 0.3) is 0 Å². The van der Waals surface area contributed by atoms with Crippen LogP contribution in [0.4, 0.5) is 0 Å². The van der Waals surface area contributed by atoms with Crippen molar-refractivity contribution in [3.8, 4) is 5.75 Å². The van der Waals surface area contributed by atoms with Crippen molar-refractivity contribution in [2.24, 2.45) is 0 Å². The molecule has 0 aliphatic carbocycles. The molecule has 2 N–H and O–H groups in total. The summed E-state index contributed by atoms with van der Waals surface area (Å²) in [6.07, 6.45) is 0. The number of rotatable bonds is 5. The van der Waals surface area contributed by atoms with Gasteiger partial charge in [0.25, 0.3) is 5.91 Å². The minimum Gasteiger partial charge on any atom is -0.497 e. The molecule has 2 aromatic rings. The number of carbonyl (C=O) groups is 2. The van der Waals surface area contributed by atoms with Crippen molar-refractivity contribution in [3.63, 3.8) is 0 Å². The minimum atomic E-state index is -1.21. The Bertz CT molecular complexity index is 644. The summed E-state index contributed by atoms with van der Waals surface area (Å²) in [4.78, 5) is 22.7. The average Bonchev–Trinajstić information content (AvgIpc) is 2.97. The van der Waals surface area contributed by atoms with E-state index in [4.69, 9.17) is 14.3 Å². The summed E-state index contributed by atoms with van der Waals surface area (Å²) in [6, 6.07) is 9.61. The minimum absolute atomic E-state index is 0.0345. The Hall–Kier alpha value is -2.76. The normalized spacial score (nSPS) is 11.7. The first-order valence-corrected chi connectivity index (χ1v) is 6.29. The van der Waals surface area contributed by atoms with Crippen LogP contribution in [0.3, 0.4) is 0 Å². The second-order valence-corrected chi connectivity index (χ2v) is 4.44. The number of benzene rings is 1. The number of carboxylic acids is 1. The second-order valence-electron chi connectivity index (χ2n) is 4.44. The van der Waals surface area contributed by atoms with E-state index >= 15 is 0 Å². The van der Waals surface area contributed by atoms with Gasteiger partial charge in [0.1, 0.15) is 5.75 Å². The second kappa shape index (κ2) is 6.13. The third-order valence-corrected chi connectivity index (χ3v) is 3.00. The number of carbonyl (C=O) groups excluding carboxylic acids is 1. The van der Waals surface area contributed by atoms with Gasteiger partial charge in [0.05, 0.1) is 13.2 Å². The largest absolute Gasteiger partial charge is 0.497 e. The molecule has 1 aromatic heterocycles. The van der Waals surface area contributed by atoms with Gasteiger partial charge < -0.3 is 19.6 Å². The number of nitrogens with one attached hydrogen (secondary N) is 1. The SMILES string of the molecule is COc1ccc(C(C)NC(=O)c2ccc(C(=O)O)o2)cc1. The summed E-state index contributed by atoms with van der Waals surface area (Å²) in [7, 11) is 1.58. The van der Waals surface area contributed by atoms with E-state index in [1.165, 1.54) is 12.1 Å².